The number of fused-ring (bicyclic) bond motifs is 1. The number of carbonyl (C=O) groups is 3. The largest absolute Gasteiger partial charge is 0.371 e. The monoisotopic (exact) mass is 368 g/mol. The van der Waals surface area contributed by atoms with Gasteiger partial charge >= 0.3 is 0 Å². The van der Waals surface area contributed by atoms with E-state index in [2.05, 4.69) is 10.6 Å². The fourth-order valence-electron chi connectivity index (χ4n) is 3.14. The molecule has 1 saturated heterocycles. The number of carbonyl (C=O) groups excluding carboxylic acids is 3. The van der Waals surface area contributed by atoms with Gasteiger partial charge in [-0.25, -0.2) is 0 Å². The molecule has 0 saturated carbocycles. The Kier molecular flexibility index (Phi) is 5.86. The van der Waals surface area contributed by atoms with Gasteiger partial charge in [0.05, 0.1) is 6.61 Å². The number of nitrogens with one attached hydrogen (secondary N) is 2. The van der Waals surface area contributed by atoms with Crippen molar-refractivity contribution in [2.75, 3.05) is 13.2 Å². The lowest BCUT2D eigenvalue weighted by atomic mass is 10.0. The predicted molar refractivity (Wildman–Crippen MR) is 102 cm³/mol. The molecule has 2 N–H and O–H groups in total. The summed E-state index contributed by atoms with van der Waals surface area (Å²) in [6.07, 6.45) is 0.479. The summed E-state index contributed by atoms with van der Waals surface area (Å²) in [4.78, 5) is 37.0. The lowest BCUT2D eigenvalue weighted by Crippen LogP contribution is -2.52. The third-order valence-corrected chi connectivity index (χ3v) is 4.57. The van der Waals surface area contributed by atoms with Crippen LogP contribution in [-0.2, 0) is 14.3 Å². The van der Waals surface area contributed by atoms with Crippen molar-refractivity contribution in [3.8, 4) is 0 Å². The molecule has 27 heavy (non-hydrogen) atoms. The van der Waals surface area contributed by atoms with Crippen LogP contribution >= 0.6 is 0 Å². The minimum absolute atomic E-state index is 0.0171. The van der Waals surface area contributed by atoms with E-state index < -0.39 is 12.1 Å². The van der Waals surface area contributed by atoms with E-state index in [1.165, 1.54) is 0 Å². The van der Waals surface area contributed by atoms with Gasteiger partial charge in [-0.05, 0) is 35.2 Å². The van der Waals surface area contributed by atoms with Crippen molar-refractivity contribution >= 4 is 28.4 Å². The van der Waals surface area contributed by atoms with Crippen molar-refractivity contribution in [3.63, 3.8) is 0 Å². The molecule has 2 aromatic rings. The van der Waals surface area contributed by atoms with E-state index >= 15 is 0 Å². The van der Waals surface area contributed by atoms with Gasteiger partial charge in [-0.2, -0.15) is 0 Å². The fraction of sp³-hybridized carbons (Fsp3) is 0.381. The minimum atomic E-state index is -0.711. The van der Waals surface area contributed by atoms with Crippen LogP contribution in [-0.4, -0.2) is 42.9 Å². The highest BCUT2D eigenvalue weighted by Crippen LogP contribution is 2.16. The lowest BCUT2D eigenvalue weighted by Gasteiger charge is -2.21. The van der Waals surface area contributed by atoms with Crippen LogP contribution in [0.5, 0.6) is 0 Å². The molecule has 1 heterocycles. The Hall–Kier alpha value is -2.73. The Morgan fingerprint density at radius 2 is 1.89 bits per heavy atom. The molecule has 0 aliphatic carbocycles. The molecule has 6 nitrogen and oxygen atoms in total. The molecule has 2 amide bonds. The topological polar surface area (TPSA) is 84.5 Å². The third-order valence-electron chi connectivity index (χ3n) is 4.57. The smallest absolute Gasteiger partial charge is 0.251 e. The molecule has 2 aromatic carbocycles. The number of benzene rings is 2. The van der Waals surface area contributed by atoms with Crippen molar-refractivity contribution in [2.24, 2.45) is 5.92 Å². The molecular formula is C21H24N2O4. The fourth-order valence-corrected chi connectivity index (χ4v) is 3.14. The van der Waals surface area contributed by atoms with Crippen LogP contribution in [0.3, 0.4) is 0 Å². The van der Waals surface area contributed by atoms with Crippen molar-refractivity contribution < 1.29 is 19.1 Å². The number of hydrogen-bond acceptors (Lipinski definition) is 4. The van der Waals surface area contributed by atoms with E-state index in [-0.39, 0.29) is 36.7 Å². The second-order valence-corrected chi connectivity index (χ2v) is 7.26. The van der Waals surface area contributed by atoms with E-state index in [9.17, 15) is 14.4 Å². The quantitative estimate of drug-likeness (QED) is 0.817. The van der Waals surface area contributed by atoms with Gasteiger partial charge in [-0.15, -0.1) is 0 Å². The summed E-state index contributed by atoms with van der Waals surface area (Å²) in [5.41, 5.74) is 0.496. The van der Waals surface area contributed by atoms with E-state index in [0.29, 0.717) is 12.0 Å². The highest BCUT2D eigenvalue weighted by Gasteiger charge is 2.30. The first-order valence-electron chi connectivity index (χ1n) is 9.14. The third kappa shape index (κ3) is 4.71. The Bertz CT molecular complexity index is 862. The van der Waals surface area contributed by atoms with Crippen LogP contribution in [0, 0.1) is 5.92 Å². The Morgan fingerprint density at radius 3 is 2.56 bits per heavy atom. The summed E-state index contributed by atoms with van der Waals surface area (Å²) < 4.78 is 5.07. The first-order valence-corrected chi connectivity index (χ1v) is 9.14. The zero-order chi connectivity index (χ0) is 19.4. The molecule has 3 rings (SSSR count). The minimum Gasteiger partial charge on any atom is -0.371 e. The average Bonchev–Trinajstić information content (AvgIpc) is 3.05. The maximum Gasteiger partial charge on any atom is 0.251 e. The Balaban J connectivity index is 1.73. The number of ether oxygens (including phenoxy) is 1. The zero-order valence-electron chi connectivity index (χ0n) is 15.5. The SMILES string of the molecule is CC(C)C[C@H](NC(=O)c1ccc2ccccc2c1)C(=O)N[C@H]1COCC1=O. The second kappa shape index (κ2) is 8.31. The molecule has 0 bridgehead atoms. The molecule has 0 spiro atoms. The maximum absolute atomic E-state index is 12.7. The van der Waals surface area contributed by atoms with Crippen LogP contribution in [0.4, 0.5) is 0 Å². The number of ketones is 1. The Labute approximate surface area is 158 Å². The number of hydrogen-bond donors (Lipinski definition) is 2. The van der Waals surface area contributed by atoms with Gasteiger partial charge in [0, 0.05) is 5.56 Å². The summed E-state index contributed by atoms with van der Waals surface area (Å²) in [6, 6.07) is 11.9. The summed E-state index contributed by atoms with van der Waals surface area (Å²) in [7, 11) is 0. The molecule has 6 heteroatoms. The van der Waals surface area contributed by atoms with Crippen molar-refractivity contribution in [2.45, 2.75) is 32.4 Å². The van der Waals surface area contributed by atoms with Gasteiger partial charge in [-0.1, -0.05) is 44.2 Å². The van der Waals surface area contributed by atoms with Crippen LogP contribution in [0.2, 0.25) is 0 Å². The molecule has 1 fully saturated rings. The van der Waals surface area contributed by atoms with Crippen LogP contribution in [0.15, 0.2) is 42.5 Å². The predicted octanol–water partition coefficient (Wildman–Crippen LogP) is 2.07. The van der Waals surface area contributed by atoms with Crippen molar-refractivity contribution in [1.29, 1.82) is 0 Å². The van der Waals surface area contributed by atoms with E-state index in [1.807, 2.05) is 50.2 Å². The molecule has 2 atom stereocenters. The first kappa shape index (κ1) is 19.0. The van der Waals surface area contributed by atoms with Gasteiger partial charge in [0.15, 0.2) is 5.78 Å². The van der Waals surface area contributed by atoms with E-state index in [0.717, 1.165) is 10.8 Å². The van der Waals surface area contributed by atoms with Gasteiger partial charge in [0.1, 0.15) is 18.7 Å². The molecule has 0 aromatic heterocycles. The first-order chi connectivity index (χ1) is 12.9. The zero-order valence-corrected chi connectivity index (χ0v) is 15.5. The van der Waals surface area contributed by atoms with Gasteiger partial charge < -0.3 is 15.4 Å². The van der Waals surface area contributed by atoms with Crippen LogP contribution in [0.25, 0.3) is 10.8 Å². The summed E-state index contributed by atoms with van der Waals surface area (Å²) in [5, 5.41) is 7.52. The highest BCUT2D eigenvalue weighted by molar-refractivity contribution is 6.01. The second-order valence-electron chi connectivity index (χ2n) is 7.26. The summed E-state index contributed by atoms with van der Waals surface area (Å²) in [6.45, 7) is 4.15. The molecule has 1 aliphatic rings. The lowest BCUT2D eigenvalue weighted by molar-refractivity contribution is -0.127. The molecular weight excluding hydrogens is 344 g/mol. The normalized spacial score (nSPS) is 17.9. The maximum atomic E-state index is 12.7. The average molecular weight is 368 g/mol. The van der Waals surface area contributed by atoms with Crippen molar-refractivity contribution in [3.05, 3.63) is 48.0 Å². The molecule has 142 valence electrons. The highest BCUT2D eigenvalue weighted by atomic mass is 16.5. The van der Waals surface area contributed by atoms with Gasteiger partial charge in [0.25, 0.3) is 5.91 Å². The summed E-state index contributed by atoms with van der Waals surface area (Å²) >= 11 is 0. The molecule has 0 unspecified atom stereocenters. The summed E-state index contributed by atoms with van der Waals surface area (Å²) in [5.74, 6) is -0.613. The van der Waals surface area contributed by atoms with Gasteiger partial charge in [-0.3, -0.25) is 14.4 Å². The van der Waals surface area contributed by atoms with Crippen LogP contribution < -0.4 is 10.6 Å². The number of rotatable bonds is 6. The molecule has 1 aliphatic heterocycles. The standard InChI is InChI=1S/C21H24N2O4/c1-13(2)9-17(21(26)23-18-11-27-12-19(18)24)22-20(25)16-8-7-14-5-3-4-6-15(14)10-16/h3-8,10,13,17-18H,9,11-12H2,1-2H3,(H,22,25)(H,23,26)/t17-,18-/m0/s1. The van der Waals surface area contributed by atoms with E-state index in [1.54, 1.807) is 6.07 Å². The van der Waals surface area contributed by atoms with Crippen LogP contribution in [0.1, 0.15) is 30.6 Å². The number of amides is 2. The number of Topliss-reactive ketones (excluding diaryl/α,β-unsaturated/α-hetero) is 1. The van der Waals surface area contributed by atoms with Gasteiger partial charge in [0.2, 0.25) is 5.91 Å². The molecule has 0 radical (unpaired) electrons. The Morgan fingerprint density at radius 1 is 1.15 bits per heavy atom. The van der Waals surface area contributed by atoms with E-state index in [4.69, 9.17) is 4.74 Å². The van der Waals surface area contributed by atoms with Crippen molar-refractivity contribution in [1.82, 2.24) is 10.6 Å².